The Labute approximate surface area is 133 Å². The molecule has 0 aromatic heterocycles. The minimum Gasteiger partial charge on any atom is -0.434 e. The van der Waals surface area contributed by atoms with Gasteiger partial charge in [0, 0.05) is 21.6 Å². The maximum absolute atomic E-state index is 13.7. The van der Waals surface area contributed by atoms with Gasteiger partial charge in [0.15, 0.2) is 0 Å². The fourth-order valence-corrected chi connectivity index (χ4v) is 2.25. The highest BCUT2D eigenvalue weighted by atomic mass is 79.9. The Hall–Kier alpha value is -1.40. The lowest BCUT2D eigenvalue weighted by atomic mass is 10.2. The zero-order valence-electron chi connectivity index (χ0n) is 10.5. The van der Waals surface area contributed by atoms with Crippen LogP contribution >= 0.6 is 27.5 Å². The van der Waals surface area contributed by atoms with Crippen molar-refractivity contribution in [1.82, 2.24) is 0 Å². The molecule has 0 spiro atoms. The fraction of sp³-hybridized carbons (Fsp3) is 0.143. The van der Waals surface area contributed by atoms with Crippen LogP contribution in [-0.4, -0.2) is 6.61 Å². The molecule has 0 unspecified atom stereocenters. The van der Waals surface area contributed by atoms with E-state index < -0.39 is 12.4 Å². The molecule has 0 bridgehead atoms. The molecule has 0 radical (unpaired) electrons. The lowest BCUT2D eigenvalue weighted by Crippen LogP contribution is -2.08. The third-order valence-corrected chi connectivity index (χ3v) is 3.37. The van der Waals surface area contributed by atoms with Crippen LogP contribution in [0.5, 0.6) is 5.75 Å². The molecule has 0 amide bonds. The first-order valence-corrected chi connectivity index (χ1v) is 7.05. The smallest absolute Gasteiger partial charge is 0.387 e. The number of rotatable bonds is 5. The second-order valence-corrected chi connectivity index (χ2v) is 5.46. The Morgan fingerprint density at radius 1 is 1.19 bits per heavy atom. The molecular weight excluding hydrogens is 371 g/mol. The largest absolute Gasteiger partial charge is 0.434 e. The van der Waals surface area contributed by atoms with Crippen molar-refractivity contribution in [1.29, 1.82) is 0 Å². The second kappa shape index (κ2) is 7.04. The molecule has 0 aliphatic rings. The normalized spacial score (nSPS) is 10.8. The van der Waals surface area contributed by atoms with Gasteiger partial charge in [-0.3, -0.25) is 0 Å². The van der Waals surface area contributed by atoms with Crippen LogP contribution in [0.1, 0.15) is 5.56 Å². The van der Waals surface area contributed by atoms with Gasteiger partial charge in [-0.2, -0.15) is 8.78 Å². The van der Waals surface area contributed by atoms with Gasteiger partial charge >= 0.3 is 6.61 Å². The van der Waals surface area contributed by atoms with Crippen LogP contribution in [0.4, 0.5) is 18.9 Å². The summed E-state index contributed by atoms with van der Waals surface area (Å²) in [6, 6.07) is 8.80. The number of ether oxygens (including phenoxy) is 1. The molecule has 0 saturated carbocycles. The summed E-state index contributed by atoms with van der Waals surface area (Å²) in [5.41, 5.74) is 0.659. The Morgan fingerprint density at radius 3 is 2.62 bits per heavy atom. The minimum atomic E-state index is -2.94. The Bertz CT molecular complexity index is 640. The molecule has 0 fully saturated rings. The molecule has 112 valence electrons. The molecule has 1 N–H and O–H groups in total. The average Bonchev–Trinajstić information content (AvgIpc) is 2.40. The number of nitrogens with one attached hydrogen (secondary N) is 1. The maximum atomic E-state index is 13.7. The van der Waals surface area contributed by atoms with Crippen molar-refractivity contribution >= 4 is 33.2 Å². The summed E-state index contributed by atoms with van der Waals surface area (Å²) in [6.07, 6.45) is 0. The van der Waals surface area contributed by atoms with E-state index in [4.69, 9.17) is 11.6 Å². The van der Waals surface area contributed by atoms with Crippen LogP contribution in [0.2, 0.25) is 5.02 Å². The zero-order valence-corrected chi connectivity index (χ0v) is 12.9. The van der Waals surface area contributed by atoms with Crippen molar-refractivity contribution in [2.75, 3.05) is 5.32 Å². The number of hydrogen-bond acceptors (Lipinski definition) is 2. The Morgan fingerprint density at radius 2 is 1.95 bits per heavy atom. The fourth-order valence-electron chi connectivity index (χ4n) is 1.72. The molecule has 7 heteroatoms. The third-order valence-electron chi connectivity index (χ3n) is 2.64. The summed E-state index contributed by atoms with van der Waals surface area (Å²) in [4.78, 5) is 0. The van der Waals surface area contributed by atoms with Crippen molar-refractivity contribution in [3.63, 3.8) is 0 Å². The van der Waals surface area contributed by atoms with E-state index in [1.807, 2.05) is 0 Å². The van der Waals surface area contributed by atoms with Gasteiger partial charge in [-0.05, 0) is 36.4 Å². The van der Waals surface area contributed by atoms with Gasteiger partial charge in [0.25, 0.3) is 0 Å². The quantitative estimate of drug-likeness (QED) is 0.744. The van der Waals surface area contributed by atoms with Crippen molar-refractivity contribution in [3.8, 4) is 5.75 Å². The Balaban J connectivity index is 2.16. The molecule has 0 saturated heterocycles. The number of alkyl halides is 2. The van der Waals surface area contributed by atoms with E-state index in [-0.39, 0.29) is 18.0 Å². The predicted molar refractivity (Wildman–Crippen MR) is 79.5 cm³/mol. The molecule has 2 aromatic carbocycles. The summed E-state index contributed by atoms with van der Waals surface area (Å²) in [5, 5.41) is 3.20. The first kappa shape index (κ1) is 16.0. The van der Waals surface area contributed by atoms with Gasteiger partial charge < -0.3 is 10.1 Å². The van der Waals surface area contributed by atoms with E-state index in [1.165, 1.54) is 30.3 Å². The van der Waals surface area contributed by atoms with Crippen LogP contribution in [0.25, 0.3) is 0 Å². The molecule has 2 rings (SSSR count). The predicted octanol–water partition coefficient (Wildman–Crippen LogP) is 5.46. The van der Waals surface area contributed by atoms with E-state index in [0.717, 1.165) is 0 Å². The lowest BCUT2D eigenvalue weighted by molar-refractivity contribution is -0.0504. The molecule has 2 nitrogen and oxygen atoms in total. The highest BCUT2D eigenvalue weighted by Gasteiger charge is 2.11. The molecule has 0 heterocycles. The van der Waals surface area contributed by atoms with Gasteiger partial charge in [0.1, 0.15) is 11.6 Å². The summed E-state index contributed by atoms with van der Waals surface area (Å²) in [7, 11) is 0. The van der Waals surface area contributed by atoms with Crippen LogP contribution in [0.15, 0.2) is 40.9 Å². The van der Waals surface area contributed by atoms with E-state index in [2.05, 4.69) is 26.0 Å². The first-order chi connectivity index (χ1) is 9.95. The molecule has 21 heavy (non-hydrogen) atoms. The van der Waals surface area contributed by atoms with Gasteiger partial charge in [-0.15, -0.1) is 0 Å². The van der Waals surface area contributed by atoms with Crippen molar-refractivity contribution < 1.29 is 17.9 Å². The van der Waals surface area contributed by atoms with Crippen LogP contribution in [0, 0.1) is 5.82 Å². The standard InChI is InChI=1S/C14H10BrClF3NO/c15-9-1-3-12(11(17)6-9)20-7-8-5-10(16)2-4-13(8)21-14(18)19/h1-6,14,20H,7H2. The zero-order chi connectivity index (χ0) is 15.4. The van der Waals surface area contributed by atoms with Crippen LogP contribution < -0.4 is 10.1 Å². The SMILES string of the molecule is Fc1cc(Br)ccc1NCc1cc(Cl)ccc1OC(F)F. The first-order valence-electron chi connectivity index (χ1n) is 5.88. The summed E-state index contributed by atoms with van der Waals surface area (Å²) in [6.45, 7) is -2.84. The van der Waals surface area contributed by atoms with E-state index in [9.17, 15) is 13.2 Å². The van der Waals surface area contributed by atoms with Gasteiger partial charge in [0.05, 0.1) is 5.69 Å². The summed E-state index contributed by atoms with van der Waals surface area (Å²) >= 11 is 8.99. The van der Waals surface area contributed by atoms with Crippen molar-refractivity contribution in [2.45, 2.75) is 13.2 Å². The third kappa shape index (κ3) is 4.54. The van der Waals surface area contributed by atoms with Crippen LogP contribution in [0.3, 0.4) is 0 Å². The molecule has 0 aliphatic carbocycles. The molecule has 2 aromatic rings. The average molecular weight is 381 g/mol. The topological polar surface area (TPSA) is 21.3 Å². The van der Waals surface area contributed by atoms with E-state index in [0.29, 0.717) is 15.1 Å². The summed E-state index contributed by atoms with van der Waals surface area (Å²) in [5.74, 6) is -0.456. The Kier molecular flexibility index (Phi) is 5.36. The van der Waals surface area contributed by atoms with Gasteiger partial charge in [-0.25, -0.2) is 4.39 Å². The summed E-state index contributed by atoms with van der Waals surface area (Å²) < 4.78 is 43.3. The monoisotopic (exact) mass is 379 g/mol. The maximum Gasteiger partial charge on any atom is 0.387 e. The van der Waals surface area contributed by atoms with E-state index in [1.54, 1.807) is 6.07 Å². The van der Waals surface area contributed by atoms with Crippen molar-refractivity contribution in [2.24, 2.45) is 0 Å². The number of halogens is 5. The highest BCUT2D eigenvalue weighted by molar-refractivity contribution is 9.10. The second-order valence-electron chi connectivity index (χ2n) is 4.11. The molecule has 0 aliphatic heterocycles. The number of anilines is 1. The number of benzene rings is 2. The van der Waals surface area contributed by atoms with Crippen LogP contribution in [-0.2, 0) is 6.54 Å². The number of hydrogen-bond donors (Lipinski definition) is 1. The highest BCUT2D eigenvalue weighted by Crippen LogP contribution is 2.26. The van der Waals surface area contributed by atoms with Gasteiger partial charge in [-0.1, -0.05) is 27.5 Å². The van der Waals surface area contributed by atoms with Gasteiger partial charge in [0.2, 0.25) is 0 Å². The minimum absolute atomic E-state index is 0.000537. The lowest BCUT2D eigenvalue weighted by Gasteiger charge is -2.13. The molecule has 0 atom stereocenters. The molecular formula is C14H10BrClF3NO. The van der Waals surface area contributed by atoms with E-state index >= 15 is 0 Å². The van der Waals surface area contributed by atoms with Crippen molar-refractivity contribution in [3.05, 3.63) is 57.3 Å².